The quantitative estimate of drug-likeness (QED) is 0.288. The number of aliphatic hydroxyl groups is 2. The Bertz CT molecular complexity index is 1580. The van der Waals surface area contributed by atoms with Crippen LogP contribution < -0.4 is 20.4 Å². The third-order valence-electron chi connectivity index (χ3n) is 7.61. The number of ether oxygens (including phenoxy) is 1. The van der Waals surface area contributed by atoms with Gasteiger partial charge in [-0.15, -0.1) is 18.6 Å². The van der Waals surface area contributed by atoms with Crippen LogP contribution in [0.3, 0.4) is 0 Å². The van der Waals surface area contributed by atoms with E-state index in [1.807, 2.05) is 0 Å². The van der Waals surface area contributed by atoms with Crippen LogP contribution in [0.2, 0.25) is 0 Å². The molecule has 4 N–H and O–H groups in total. The van der Waals surface area contributed by atoms with Crippen molar-refractivity contribution in [2.24, 2.45) is 5.41 Å². The molecule has 1 fully saturated rings. The van der Waals surface area contributed by atoms with Gasteiger partial charge in [0, 0.05) is 36.8 Å². The molecule has 0 radical (unpaired) electrons. The summed E-state index contributed by atoms with van der Waals surface area (Å²) in [5.41, 5.74) is 4.36. The maximum absolute atomic E-state index is 13.3. The monoisotopic (exact) mass is 654 g/mol. The lowest BCUT2D eigenvalue weighted by atomic mass is 9.80. The molecule has 45 heavy (non-hydrogen) atoms. The average molecular weight is 655 g/mol. The zero-order valence-electron chi connectivity index (χ0n) is 24.7. The molecule has 0 aliphatic carbocycles. The van der Waals surface area contributed by atoms with Gasteiger partial charge in [0.05, 0.1) is 25.8 Å². The minimum Gasteiger partial charge on any atom is -0.406 e. The minimum absolute atomic E-state index is 0.0161. The molecular weight excluding hydrogens is 619 g/mol. The van der Waals surface area contributed by atoms with Crippen LogP contribution in [-0.2, 0) is 14.8 Å². The van der Waals surface area contributed by atoms with Crippen molar-refractivity contribution in [3.05, 3.63) is 58.5 Å². The summed E-state index contributed by atoms with van der Waals surface area (Å²) in [5.74, 6) is -0.828. The van der Waals surface area contributed by atoms with E-state index in [1.54, 1.807) is 32.2 Å². The highest BCUT2D eigenvalue weighted by Gasteiger charge is 2.51. The first-order valence-electron chi connectivity index (χ1n) is 14.1. The van der Waals surface area contributed by atoms with Gasteiger partial charge in [0.25, 0.3) is 5.91 Å². The molecule has 2 aromatic carbocycles. The topological polar surface area (TPSA) is 152 Å². The SMILES string of the molecule is Cc1cc(N(CCO)C(=O)NCCO)cc(C)c1/C=C/S(=O)(=O)N1CCC2(C=[N+](c3cccc(OC(F)(F)F)c3)NC2=O)CC1. The lowest BCUT2D eigenvalue weighted by molar-refractivity contribution is -0.482. The molecule has 16 heteroatoms. The van der Waals surface area contributed by atoms with Crippen LogP contribution in [0.1, 0.15) is 29.5 Å². The predicted molar refractivity (Wildman–Crippen MR) is 159 cm³/mol. The second-order valence-corrected chi connectivity index (χ2v) is 12.5. The number of halogens is 3. The van der Waals surface area contributed by atoms with Crippen LogP contribution in [0.15, 0.2) is 41.8 Å². The molecule has 0 unspecified atom stereocenters. The number of hydrogen-bond acceptors (Lipinski definition) is 7. The number of hydrazone groups is 1. The zero-order chi connectivity index (χ0) is 33.0. The summed E-state index contributed by atoms with van der Waals surface area (Å²) >= 11 is 0. The molecular formula is C29H35F3N5O7S+. The molecule has 2 aliphatic rings. The van der Waals surface area contributed by atoms with E-state index >= 15 is 0 Å². The molecule has 1 spiro atoms. The number of rotatable bonds is 10. The maximum atomic E-state index is 13.3. The summed E-state index contributed by atoms with van der Waals surface area (Å²) in [5, 5.41) is 22.1. The Kier molecular flexibility index (Phi) is 10.2. The van der Waals surface area contributed by atoms with Gasteiger partial charge in [-0.2, -0.15) is 4.31 Å². The molecule has 0 atom stereocenters. The number of carbonyl (C=O) groups excluding carboxylic acids is 2. The summed E-state index contributed by atoms with van der Waals surface area (Å²) < 4.78 is 71.0. The van der Waals surface area contributed by atoms with Crippen molar-refractivity contribution in [3.8, 4) is 5.75 Å². The molecule has 4 rings (SSSR count). The van der Waals surface area contributed by atoms with Crippen molar-refractivity contribution in [2.75, 3.05) is 44.3 Å². The number of piperidine rings is 1. The molecule has 1 saturated heterocycles. The number of urea groups is 1. The number of anilines is 1. The molecule has 244 valence electrons. The number of nitrogens with zero attached hydrogens (tertiary/aromatic N) is 3. The van der Waals surface area contributed by atoms with E-state index < -0.39 is 33.6 Å². The summed E-state index contributed by atoms with van der Waals surface area (Å²) in [6, 6.07) is 8.06. The molecule has 2 aromatic rings. The molecule has 12 nitrogen and oxygen atoms in total. The van der Waals surface area contributed by atoms with Gasteiger partial charge < -0.3 is 20.3 Å². The predicted octanol–water partition coefficient (Wildman–Crippen LogP) is 2.55. The fraction of sp³-hybridized carbons (Fsp3) is 0.414. The Morgan fingerprint density at radius 3 is 2.42 bits per heavy atom. The van der Waals surface area contributed by atoms with Crippen LogP contribution >= 0.6 is 0 Å². The number of alkyl halides is 3. The van der Waals surface area contributed by atoms with E-state index in [0.717, 1.165) is 17.5 Å². The summed E-state index contributed by atoms with van der Waals surface area (Å²) in [6.07, 6.45) is -1.51. The van der Waals surface area contributed by atoms with Crippen molar-refractivity contribution in [2.45, 2.75) is 33.1 Å². The van der Waals surface area contributed by atoms with Gasteiger partial charge in [0.15, 0.2) is 6.21 Å². The highest BCUT2D eigenvalue weighted by atomic mass is 32.2. The summed E-state index contributed by atoms with van der Waals surface area (Å²) in [6.45, 7) is 3.14. The number of nitrogens with one attached hydrogen (secondary N) is 2. The van der Waals surface area contributed by atoms with E-state index in [0.29, 0.717) is 22.4 Å². The zero-order valence-corrected chi connectivity index (χ0v) is 25.5. The third kappa shape index (κ3) is 8.00. The van der Waals surface area contributed by atoms with Gasteiger partial charge >= 0.3 is 12.4 Å². The van der Waals surface area contributed by atoms with Crippen LogP contribution in [0, 0.1) is 19.3 Å². The van der Waals surface area contributed by atoms with Crippen molar-refractivity contribution in [1.82, 2.24) is 15.0 Å². The van der Waals surface area contributed by atoms with Gasteiger partial charge in [-0.1, -0.05) is 10.8 Å². The fourth-order valence-electron chi connectivity index (χ4n) is 5.34. The normalized spacial score (nSPS) is 17.0. The lowest BCUT2D eigenvalue weighted by Gasteiger charge is -2.32. The van der Waals surface area contributed by atoms with Gasteiger partial charge in [0.1, 0.15) is 11.2 Å². The highest BCUT2D eigenvalue weighted by molar-refractivity contribution is 7.92. The standard InChI is InChI=1S/C29H34F3N5O7S/c1-20-16-23(36(12-14-39)27(41)33-9-13-38)17-21(2)25(20)6-15-45(42,43)35-10-7-28(8-11-35)19-37(34-26(28)40)22-4-3-5-24(18-22)44-29(30,31)32/h3-6,15-19,38-39H,7-14H2,1-2H3,(H-,33,34,40,41)/p+1/b15-6+. The van der Waals surface area contributed by atoms with Gasteiger partial charge in [-0.05, 0) is 67.7 Å². The molecule has 0 bridgehead atoms. The Labute approximate surface area is 258 Å². The first kappa shape index (κ1) is 33.9. The number of hydrogen-bond donors (Lipinski definition) is 4. The van der Waals surface area contributed by atoms with Crippen LogP contribution in [0.5, 0.6) is 5.75 Å². The number of amides is 3. The van der Waals surface area contributed by atoms with Gasteiger partial charge in [-0.25, -0.2) is 13.2 Å². The van der Waals surface area contributed by atoms with Gasteiger partial charge in [0.2, 0.25) is 15.7 Å². The van der Waals surface area contributed by atoms with E-state index in [-0.39, 0.29) is 63.8 Å². The maximum Gasteiger partial charge on any atom is 0.573 e. The number of sulfonamides is 1. The second-order valence-electron chi connectivity index (χ2n) is 10.7. The van der Waals surface area contributed by atoms with Crippen molar-refractivity contribution in [3.63, 3.8) is 0 Å². The third-order valence-corrected chi connectivity index (χ3v) is 9.17. The first-order valence-corrected chi connectivity index (χ1v) is 15.6. The van der Waals surface area contributed by atoms with Gasteiger partial charge in [-0.3, -0.25) is 9.69 Å². The van der Waals surface area contributed by atoms with E-state index in [2.05, 4.69) is 15.5 Å². The largest absolute Gasteiger partial charge is 0.573 e. The van der Waals surface area contributed by atoms with E-state index in [4.69, 9.17) is 5.11 Å². The summed E-state index contributed by atoms with van der Waals surface area (Å²) in [4.78, 5) is 26.8. The van der Waals surface area contributed by atoms with Crippen LogP contribution in [-0.4, -0.2) is 91.5 Å². The minimum atomic E-state index is -4.87. The number of benzene rings is 2. The first-order chi connectivity index (χ1) is 21.2. The Balaban J connectivity index is 1.46. The Morgan fingerprint density at radius 2 is 1.82 bits per heavy atom. The number of aliphatic hydroxyl groups excluding tert-OH is 2. The number of aryl methyl sites for hydroxylation is 2. The average Bonchev–Trinajstić information content (AvgIpc) is 3.28. The van der Waals surface area contributed by atoms with E-state index in [1.165, 1.54) is 32.1 Å². The highest BCUT2D eigenvalue weighted by Crippen LogP contribution is 2.36. The molecule has 0 aromatic heterocycles. The van der Waals surface area contributed by atoms with Crippen LogP contribution in [0.4, 0.5) is 29.3 Å². The summed E-state index contributed by atoms with van der Waals surface area (Å²) in [7, 11) is -3.89. The fourth-order valence-corrected chi connectivity index (χ4v) is 6.51. The lowest BCUT2D eigenvalue weighted by Crippen LogP contribution is -2.47. The van der Waals surface area contributed by atoms with Crippen LogP contribution in [0.25, 0.3) is 6.08 Å². The number of carbonyl (C=O) groups is 2. The molecule has 2 heterocycles. The van der Waals surface area contributed by atoms with Crippen molar-refractivity contribution in [1.29, 1.82) is 0 Å². The van der Waals surface area contributed by atoms with Crippen molar-refractivity contribution >= 4 is 45.6 Å². The Morgan fingerprint density at radius 1 is 1.16 bits per heavy atom. The number of hydrazine groups is 1. The van der Waals surface area contributed by atoms with E-state index in [9.17, 15) is 36.3 Å². The molecule has 2 aliphatic heterocycles. The second kappa shape index (κ2) is 13.6. The molecule has 0 saturated carbocycles. The molecule has 3 amide bonds. The smallest absolute Gasteiger partial charge is 0.406 e. The van der Waals surface area contributed by atoms with Crippen molar-refractivity contribution < 1.29 is 50.8 Å². The Hall–Kier alpha value is -3.99.